The second-order valence-electron chi connectivity index (χ2n) is 10.5. The summed E-state index contributed by atoms with van der Waals surface area (Å²) in [4.78, 5) is 28.7. The maximum Gasteiger partial charge on any atom is 0.253 e. The Morgan fingerprint density at radius 2 is 1.57 bits per heavy atom. The third-order valence-electron chi connectivity index (χ3n) is 7.42. The maximum absolute atomic E-state index is 13.0. The Kier molecular flexibility index (Phi) is 8.75. The number of amides is 1. The van der Waals surface area contributed by atoms with Crippen LogP contribution in [0.15, 0.2) is 65.7 Å². The Labute approximate surface area is 236 Å². The average molecular weight is 564 g/mol. The molecule has 3 heterocycles. The Morgan fingerprint density at radius 1 is 0.900 bits per heavy atom. The van der Waals surface area contributed by atoms with Crippen LogP contribution in [0.4, 0.5) is 11.6 Å². The number of nitrogens with zero attached hydrogens (tertiary/aromatic N) is 6. The number of anilines is 2. The molecule has 1 aromatic heterocycles. The molecule has 0 bridgehead atoms. The van der Waals surface area contributed by atoms with Crippen LogP contribution in [-0.2, 0) is 10.0 Å². The predicted molar refractivity (Wildman–Crippen MR) is 156 cm³/mol. The molecule has 2 aliphatic heterocycles. The number of carbonyl (C=O) groups excluding carboxylic acids is 1. The fourth-order valence-corrected chi connectivity index (χ4v) is 6.50. The van der Waals surface area contributed by atoms with Crippen LogP contribution in [0.2, 0.25) is 0 Å². The van der Waals surface area contributed by atoms with Crippen molar-refractivity contribution in [1.29, 1.82) is 0 Å². The molecule has 2 aliphatic rings. The van der Waals surface area contributed by atoms with E-state index in [0.717, 1.165) is 63.4 Å². The molecule has 212 valence electrons. The molecule has 5 rings (SSSR count). The summed E-state index contributed by atoms with van der Waals surface area (Å²) in [6.07, 6.45) is 3.47. The fraction of sp³-hybridized carbons (Fsp3) is 0.414. The van der Waals surface area contributed by atoms with Gasteiger partial charge in [-0.15, -0.1) is 0 Å². The lowest BCUT2D eigenvalue weighted by Gasteiger charge is -2.35. The van der Waals surface area contributed by atoms with E-state index in [1.54, 1.807) is 40.8 Å². The lowest BCUT2D eigenvalue weighted by Crippen LogP contribution is -2.49. The largest absolute Gasteiger partial charge is 0.336 e. The number of piperazine rings is 1. The SMILES string of the molecule is CN(C)CCN1CCN(C(=O)c2ccc(Nc3nccc(-c4ccc(S(=O)(=O)N5CCCC5)cc4)n3)cc2)CC1. The van der Waals surface area contributed by atoms with Gasteiger partial charge >= 0.3 is 0 Å². The highest BCUT2D eigenvalue weighted by atomic mass is 32.2. The van der Waals surface area contributed by atoms with Gasteiger partial charge in [0.05, 0.1) is 10.6 Å². The first-order valence-corrected chi connectivity index (χ1v) is 15.2. The number of sulfonamides is 1. The smallest absolute Gasteiger partial charge is 0.253 e. The molecule has 0 unspecified atom stereocenters. The third kappa shape index (κ3) is 6.67. The molecule has 0 radical (unpaired) electrons. The first-order valence-electron chi connectivity index (χ1n) is 13.8. The molecule has 10 nitrogen and oxygen atoms in total. The Bertz CT molecular complexity index is 1400. The highest BCUT2D eigenvalue weighted by Gasteiger charge is 2.27. The van der Waals surface area contributed by atoms with Crippen LogP contribution in [0.5, 0.6) is 0 Å². The number of rotatable bonds is 9. The van der Waals surface area contributed by atoms with E-state index in [2.05, 4.69) is 39.2 Å². The minimum Gasteiger partial charge on any atom is -0.336 e. The minimum absolute atomic E-state index is 0.0484. The zero-order chi connectivity index (χ0) is 28.1. The number of nitrogens with one attached hydrogen (secondary N) is 1. The zero-order valence-corrected chi connectivity index (χ0v) is 24.0. The molecule has 1 N–H and O–H groups in total. The monoisotopic (exact) mass is 563 g/mol. The topological polar surface area (TPSA) is 102 Å². The summed E-state index contributed by atoms with van der Waals surface area (Å²) in [6.45, 7) is 6.45. The van der Waals surface area contributed by atoms with Crippen LogP contribution < -0.4 is 5.32 Å². The molecule has 1 amide bonds. The van der Waals surface area contributed by atoms with E-state index in [1.165, 1.54) is 0 Å². The van der Waals surface area contributed by atoms with Gasteiger partial charge in [0, 0.05) is 75.4 Å². The summed E-state index contributed by atoms with van der Waals surface area (Å²) >= 11 is 0. The molecule has 40 heavy (non-hydrogen) atoms. The van der Waals surface area contributed by atoms with E-state index in [-0.39, 0.29) is 5.91 Å². The van der Waals surface area contributed by atoms with E-state index < -0.39 is 10.0 Å². The zero-order valence-electron chi connectivity index (χ0n) is 23.2. The fourth-order valence-electron chi connectivity index (χ4n) is 4.98. The normalized spacial score (nSPS) is 16.9. The van der Waals surface area contributed by atoms with Gasteiger partial charge in [-0.05, 0) is 69.4 Å². The quantitative estimate of drug-likeness (QED) is 0.424. The Balaban J connectivity index is 1.19. The van der Waals surface area contributed by atoms with Crippen molar-refractivity contribution >= 4 is 27.6 Å². The summed E-state index contributed by atoms with van der Waals surface area (Å²) < 4.78 is 27.2. The number of carbonyl (C=O) groups is 1. The van der Waals surface area contributed by atoms with Crippen LogP contribution in [0.1, 0.15) is 23.2 Å². The van der Waals surface area contributed by atoms with Gasteiger partial charge in [0.25, 0.3) is 5.91 Å². The Hall–Kier alpha value is -3.38. The van der Waals surface area contributed by atoms with Crippen molar-refractivity contribution in [2.45, 2.75) is 17.7 Å². The van der Waals surface area contributed by atoms with E-state index in [9.17, 15) is 13.2 Å². The van der Waals surface area contributed by atoms with E-state index in [0.29, 0.717) is 35.2 Å². The van der Waals surface area contributed by atoms with Crippen LogP contribution in [0.25, 0.3) is 11.3 Å². The lowest BCUT2D eigenvalue weighted by atomic mass is 10.1. The van der Waals surface area contributed by atoms with Crippen molar-refractivity contribution in [1.82, 2.24) is 29.0 Å². The summed E-state index contributed by atoms with van der Waals surface area (Å²) in [7, 11) is 0.696. The van der Waals surface area contributed by atoms with Gasteiger partial charge < -0.3 is 15.1 Å². The van der Waals surface area contributed by atoms with E-state index >= 15 is 0 Å². The number of hydrogen-bond donors (Lipinski definition) is 1. The second-order valence-corrected chi connectivity index (χ2v) is 12.5. The first-order chi connectivity index (χ1) is 19.3. The van der Waals surface area contributed by atoms with Gasteiger partial charge in [-0.2, -0.15) is 4.31 Å². The molecule has 2 saturated heterocycles. The molecule has 3 aromatic rings. The lowest BCUT2D eigenvalue weighted by molar-refractivity contribution is 0.0630. The maximum atomic E-state index is 13.0. The number of benzene rings is 2. The van der Waals surface area contributed by atoms with Crippen LogP contribution in [-0.4, -0.2) is 110 Å². The minimum atomic E-state index is -3.45. The van der Waals surface area contributed by atoms with Crippen molar-refractivity contribution in [2.24, 2.45) is 0 Å². The van der Waals surface area contributed by atoms with Crippen LogP contribution >= 0.6 is 0 Å². The van der Waals surface area contributed by atoms with Crippen molar-refractivity contribution < 1.29 is 13.2 Å². The van der Waals surface area contributed by atoms with Gasteiger partial charge in [0.1, 0.15) is 0 Å². The molecule has 0 aliphatic carbocycles. The highest BCUT2D eigenvalue weighted by Crippen LogP contribution is 2.25. The molecule has 2 aromatic carbocycles. The van der Waals surface area contributed by atoms with Crippen molar-refractivity contribution in [3.8, 4) is 11.3 Å². The van der Waals surface area contributed by atoms with Crippen molar-refractivity contribution in [3.63, 3.8) is 0 Å². The summed E-state index contributed by atoms with van der Waals surface area (Å²) in [5.74, 6) is 0.464. The van der Waals surface area contributed by atoms with Gasteiger partial charge in [0.2, 0.25) is 16.0 Å². The molecule has 0 saturated carbocycles. The number of likely N-dealkylation sites (N-methyl/N-ethyl adjacent to an activating group) is 1. The second kappa shape index (κ2) is 12.4. The standard InChI is InChI=1S/C29H37N7O3S/c1-33(2)17-18-34-19-21-35(22-20-34)28(37)24-5-9-25(10-6-24)31-29-30-14-13-27(32-29)23-7-11-26(12-8-23)40(38,39)36-15-3-4-16-36/h5-14H,3-4,15-22H2,1-2H3,(H,30,31,32). The summed E-state index contributed by atoms with van der Waals surface area (Å²) in [5.41, 5.74) is 2.91. The molecular formula is C29H37N7O3S. The van der Waals surface area contributed by atoms with E-state index in [4.69, 9.17) is 0 Å². The van der Waals surface area contributed by atoms with Crippen LogP contribution in [0.3, 0.4) is 0 Å². The molecule has 11 heteroatoms. The Morgan fingerprint density at radius 3 is 2.23 bits per heavy atom. The molecule has 0 atom stereocenters. The molecule has 0 spiro atoms. The first kappa shape index (κ1) is 28.2. The molecular weight excluding hydrogens is 526 g/mol. The van der Waals surface area contributed by atoms with Crippen molar-refractivity contribution in [2.75, 3.05) is 71.8 Å². The molecule has 2 fully saturated rings. The average Bonchev–Trinajstić information content (AvgIpc) is 3.53. The van der Waals surface area contributed by atoms with E-state index in [1.807, 2.05) is 29.2 Å². The van der Waals surface area contributed by atoms with Crippen molar-refractivity contribution in [3.05, 3.63) is 66.4 Å². The van der Waals surface area contributed by atoms with Gasteiger partial charge in [-0.1, -0.05) is 12.1 Å². The number of hydrogen-bond acceptors (Lipinski definition) is 8. The van der Waals surface area contributed by atoms with Gasteiger partial charge in [0.15, 0.2) is 0 Å². The summed E-state index contributed by atoms with van der Waals surface area (Å²) in [5, 5.41) is 3.20. The van der Waals surface area contributed by atoms with Gasteiger partial charge in [-0.3, -0.25) is 9.69 Å². The van der Waals surface area contributed by atoms with Gasteiger partial charge in [-0.25, -0.2) is 18.4 Å². The summed E-state index contributed by atoms with van der Waals surface area (Å²) in [6, 6.07) is 16.0. The predicted octanol–water partition coefficient (Wildman–Crippen LogP) is 2.99. The highest BCUT2D eigenvalue weighted by molar-refractivity contribution is 7.89. The van der Waals surface area contributed by atoms with Crippen LogP contribution in [0, 0.1) is 0 Å². The third-order valence-corrected chi connectivity index (χ3v) is 9.33. The number of aromatic nitrogens is 2.